The summed E-state index contributed by atoms with van der Waals surface area (Å²) in [7, 11) is 0. The summed E-state index contributed by atoms with van der Waals surface area (Å²) in [4.78, 5) is 14.1. The number of aliphatic hydroxyl groups excluding tert-OH is 1. The largest absolute Gasteiger partial charge is 0.444 e. The summed E-state index contributed by atoms with van der Waals surface area (Å²) in [6.07, 6.45) is 4.96. The lowest BCUT2D eigenvalue weighted by Gasteiger charge is -2.33. The molecule has 3 rings (SSSR count). The molecule has 0 aromatic carbocycles. The van der Waals surface area contributed by atoms with Crippen LogP contribution in [0, 0.1) is 5.92 Å². The fourth-order valence-electron chi connectivity index (χ4n) is 3.07. The van der Waals surface area contributed by atoms with Gasteiger partial charge in [-0.25, -0.2) is 4.79 Å². The van der Waals surface area contributed by atoms with Gasteiger partial charge in [-0.3, -0.25) is 4.68 Å². The molecule has 6 heteroatoms. The van der Waals surface area contributed by atoms with Gasteiger partial charge in [0.05, 0.1) is 12.2 Å². The Morgan fingerprint density at radius 1 is 1.43 bits per heavy atom. The Labute approximate surface area is 137 Å². The van der Waals surface area contributed by atoms with Crippen molar-refractivity contribution in [3.05, 3.63) is 17.5 Å². The van der Waals surface area contributed by atoms with E-state index in [2.05, 4.69) is 6.20 Å². The highest BCUT2D eigenvalue weighted by atomic mass is 16.6. The molecule has 1 aliphatic heterocycles. The number of hydrogen-bond donors (Lipinski definition) is 1. The van der Waals surface area contributed by atoms with E-state index >= 15 is 0 Å². The Balaban J connectivity index is 1.76. The number of fused-ring (bicyclic) bond motifs is 1. The monoisotopic (exact) mass is 321 g/mol. The van der Waals surface area contributed by atoms with Gasteiger partial charge in [0.2, 0.25) is 0 Å². The Bertz CT molecular complexity index is 572. The van der Waals surface area contributed by atoms with Gasteiger partial charge in [-0.2, -0.15) is 5.10 Å². The molecular formula is C17H27N3O3. The van der Waals surface area contributed by atoms with E-state index in [1.807, 2.05) is 25.5 Å². The third kappa shape index (κ3) is 4.05. The van der Waals surface area contributed by atoms with Crippen LogP contribution in [0.25, 0.3) is 0 Å². The molecule has 128 valence electrons. The van der Waals surface area contributed by atoms with E-state index in [1.165, 1.54) is 12.8 Å². The highest BCUT2D eigenvalue weighted by Gasteiger charge is 2.33. The van der Waals surface area contributed by atoms with E-state index in [0.29, 0.717) is 19.5 Å². The van der Waals surface area contributed by atoms with Crippen LogP contribution >= 0.6 is 0 Å². The number of carbonyl (C=O) groups is 1. The molecule has 2 heterocycles. The second-order valence-corrected chi connectivity index (χ2v) is 7.78. The summed E-state index contributed by atoms with van der Waals surface area (Å²) in [6, 6.07) is 0. The first kappa shape index (κ1) is 16.3. The van der Waals surface area contributed by atoms with Gasteiger partial charge in [-0.15, -0.1) is 0 Å². The first-order valence-corrected chi connectivity index (χ1v) is 8.50. The van der Waals surface area contributed by atoms with Crippen molar-refractivity contribution in [3.8, 4) is 0 Å². The van der Waals surface area contributed by atoms with Crippen LogP contribution in [-0.2, 0) is 17.8 Å². The lowest BCUT2D eigenvalue weighted by molar-refractivity contribution is 0.0198. The molecule has 0 spiro atoms. The van der Waals surface area contributed by atoms with Crippen LogP contribution in [0.2, 0.25) is 0 Å². The van der Waals surface area contributed by atoms with E-state index in [4.69, 9.17) is 9.84 Å². The van der Waals surface area contributed by atoms with E-state index in [9.17, 15) is 9.90 Å². The molecule has 2 aliphatic rings. The Kier molecular flexibility index (Phi) is 4.36. The van der Waals surface area contributed by atoms with Gasteiger partial charge in [0.1, 0.15) is 5.60 Å². The summed E-state index contributed by atoms with van der Waals surface area (Å²) >= 11 is 0. The lowest BCUT2D eigenvalue weighted by Crippen LogP contribution is -2.41. The molecule has 1 aliphatic carbocycles. The zero-order chi connectivity index (χ0) is 16.6. The quantitative estimate of drug-likeness (QED) is 0.925. The molecule has 0 radical (unpaired) electrons. The van der Waals surface area contributed by atoms with Crippen molar-refractivity contribution in [1.82, 2.24) is 14.7 Å². The highest BCUT2D eigenvalue weighted by Crippen LogP contribution is 2.33. The molecule has 0 bridgehead atoms. The Hall–Kier alpha value is -1.56. The standard InChI is InChI=1S/C17H27N3O3/c1-17(2,3)23-16(22)19-9-13(6-7-21)15-14(10-19)11-20(18-15)8-12-4-5-12/h11-13,21H,4-10H2,1-3H3. The third-order valence-electron chi connectivity index (χ3n) is 4.33. The molecule has 1 saturated carbocycles. The summed E-state index contributed by atoms with van der Waals surface area (Å²) in [5.74, 6) is 0.839. The number of nitrogens with zero attached hydrogens (tertiary/aromatic N) is 3. The van der Waals surface area contributed by atoms with Gasteiger partial charge >= 0.3 is 6.09 Å². The summed E-state index contributed by atoms with van der Waals surface area (Å²) in [5.41, 5.74) is 1.63. The minimum atomic E-state index is -0.500. The average Bonchev–Trinajstić information content (AvgIpc) is 3.14. The van der Waals surface area contributed by atoms with Crippen molar-refractivity contribution in [3.63, 3.8) is 0 Å². The zero-order valence-corrected chi connectivity index (χ0v) is 14.3. The van der Waals surface area contributed by atoms with Crippen molar-refractivity contribution in [2.24, 2.45) is 5.92 Å². The molecule has 1 aromatic rings. The number of amides is 1. The number of aliphatic hydroxyl groups is 1. The van der Waals surface area contributed by atoms with Crippen molar-refractivity contribution in [1.29, 1.82) is 0 Å². The van der Waals surface area contributed by atoms with Gasteiger partial charge in [0, 0.05) is 37.4 Å². The normalized spacial score (nSPS) is 21.2. The SMILES string of the molecule is CC(C)(C)OC(=O)N1Cc2cn(CC3CC3)nc2C(CCO)C1. The van der Waals surface area contributed by atoms with E-state index < -0.39 is 5.60 Å². The Morgan fingerprint density at radius 3 is 2.78 bits per heavy atom. The van der Waals surface area contributed by atoms with E-state index in [-0.39, 0.29) is 18.6 Å². The van der Waals surface area contributed by atoms with Crippen molar-refractivity contribution in [2.45, 2.75) is 64.6 Å². The maximum atomic E-state index is 12.4. The molecule has 1 fully saturated rings. The number of aromatic nitrogens is 2. The van der Waals surface area contributed by atoms with Gasteiger partial charge in [0.25, 0.3) is 0 Å². The maximum Gasteiger partial charge on any atom is 0.410 e. The number of ether oxygens (including phenoxy) is 1. The van der Waals surface area contributed by atoms with Crippen molar-refractivity contribution >= 4 is 6.09 Å². The predicted molar refractivity (Wildman–Crippen MR) is 86.0 cm³/mol. The van der Waals surface area contributed by atoms with Crippen LogP contribution in [0.4, 0.5) is 4.79 Å². The fraction of sp³-hybridized carbons (Fsp3) is 0.765. The number of rotatable bonds is 4. The third-order valence-corrected chi connectivity index (χ3v) is 4.33. The molecule has 1 amide bonds. The minimum Gasteiger partial charge on any atom is -0.444 e. The summed E-state index contributed by atoms with van der Waals surface area (Å²) < 4.78 is 7.52. The van der Waals surface area contributed by atoms with Crippen LogP contribution in [-0.4, -0.2) is 44.6 Å². The van der Waals surface area contributed by atoms with Gasteiger partial charge in [0.15, 0.2) is 0 Å². The topological polar surface area (TPSA) is 67.6 Å². The van der Waals surface area contributed by atoms with Crippen LogP contribution in [0.15, 0.2) is 6.20 Å². The van der Waals surface area contributed by atoms with Crippen molar-refractivity contribution < 1.29 is 14.6 Å². The minimum absolute atomic E-state index is 0.0803. The summed E-state index contributed by atoms with van der Waals surface area (Å²) in [5, 5.41) is 14.1. The second-order valence-electron chi connectivity index (χ2n) is 7.78. The smallest absolute Gasteiger partial charge is 0.410 e. The highest BCUT2D eigenvalue weighted by molar-refractivity contribution is 5.68. The molecule has 1 unspecified atom stereocenters. The molecule has 1 N–H and O–H groups in total. The van der Waals surface area contributed by atoms with Crippen molar-refractivity contribution in [2.75, 3.05) is 13.2 Å². The van der Waals surface area contributed by atoms with Gasteiger partial charge in [-0.05, 0) is 46.0 Å². The first-order valence-electron chi connectivity index (χ1n) is 8.50. The molecule has 0 saturated heterocycles. The lowest BCUT2D eigenvalue weighted by atomic mass is 9.94. The molecular weight excluding hydrogens is 294 g/mol. The first-order chi connectivity index (χ1) is 10.9. The van der Waals surface area contributed by atoms with Crippen LogP contribution in [0.5, 0.6) is 0 Å². The van der Waals surface area contributed by atoms with E-state index in [1.54, 1.807) is 4.90 Å². The fourth-order valence-corrected chi connectivity index (χ4v) is 3.07. The van der Waals surface area contributed by atoms with Crippen LogP contribution in [0.1, 0.15) is 57.2 Å². The molecule has 23 heavy (non-hydrogen) atoms. The zero-order valence-electron chi connectivity index (χ0n) is 14.3. The van der Waals surface area contributed by atoms with Gasteiger partial charge in [-0.1, -0.05) is 0 Å². The second kappa shape index (κ2) is 6.15. The number of carbonyl (C=O) groups excluding carboxylic acids is 1. The number of hydrogen-bond acceptors (Lipinski definition) is 4. The van der Waals surface area contributed by atoms with Gasteiger partial charge < -0.3 is 14.7 Å². The molecule has 6 nitrogen and oxygen atoms in total. The average molecular weight is 321 g/mol. The molecule has 1 aromatic heterocycles. The van der Waals surface area contributed by atoms with Crippen LogP contribution < -0.4 is 0 Å². The Morgan fingerprint density at radius 2 is 2.17 bits per heavy atom. The molecule has 1 atom stereocenters. The summed E-state index contributed by atoms with van der Waals surface area (Å²) in [6.45, 7) is 7.78. The maximum absolute atomic E-state index is 12.4. The van der Waals surface area contributed by atoms with Crippen LogP contribution in [0.3, 0.4) is 0 Å². The van der Waals surface area contributed by atoms with E-state index in [0.717, 1.165) is 23.7 Å². The predicted octanol–water partition coefficient (Wildman–Crippen LogP) is 2.51.